The fourth-order valence-corrected chi connectivity index (χ4v) is 13.1. The summed E-state index contributed by atoms with van der Waals surface area (Å²) in [5.41, 5.74) is -2.18. The Balaban J connectivity index is 1.02. The van der Waals surface area contributed by atoms with Crippen molar-refractivity contribution in [3.05, 3.63) is 35.9 Å². The molecule has 3 saturated heterocycles. The molecule has 58 heavy (non-hydrogen) atoms. The van der Waals surface area contributed by atoms with Crippen LogP contribution in [0.15, 0.2) is 30.3 Å². The van der Waals surface area contributed by atoms with Crippen LogP contribution in [0.1, 0.15) is 103 Å². The molecule has 14 nitrogen and oxygen atoms in total. The summed E-state index contributed by atoms with van der Waals surface area (Å²) in [6, 6.07) is 8.86. The number of hydrogen-bond acceptors (Lipinski definition) is 14. The molecular formula is C44H62O14. The third-order valence-corrected chi connectivity index (χ3v) is 15.8. The minimum atomic E-state index is -1.22. The highest BCUT2D eigenvalue weighted by atomic mass is 16.7. The van der Waals surface area contributed by atoms with E-state index >= 15 is 0 Å². The Morgan fingerprint density at radius 3 is 2.21 bits per heavy atom. The molecule has 4 aliphatic carbocycles. The first-order valence-electron chi connectivity index (χ1n) is 21.2. The van der Waals surface area contributed by atoms with Gasteiger partial charge in [-0.3, -0.25) is 9.59 Å². The predicted molar refractivity (Wildman–Crippen MR) is 204 cm³/mol. The predicted octanol–water partition coefficient (Wildman–Crippen LogP) is 4.29. The van der Waals surface area contributed by atoms with Gasteiger partial charge in [0.15, 0.2) is 12.6 Å². The number of hydrogen-bond donors (Lipinski definition) is 2. The maximum Gasteiger partial charge on any atom is 0.338 e. The van der Waals surface area contributed by atoms with Crippen molar-refractivity contribution in [1.82, 2.24) is 0 Å². The Bertz CT molecular complexity index is 1710. The molecule has 14 heteroatoms. The lowest BCUT2D eigenvalue weighted by Gasteiger charge is -2.61. The van der Waals surface area contributed by atoms with Crippen LogP contribution >= 0.6 is 0 Å². The van der Waals surface area contributed by atoms with Gasteiger partial charge in [0.05, 0.1) is 30.0 Å². The number of epoxide rings is 1. The van der Waals surface area contributed by atoms with Crippen molar-refractivity contribution in [2.75, 3.05) is 14.2 Å². The highest BCUT2D eigenvalue weighted by Crippen LogP contribution is 2.81. The number of carbonyl (C=O) groups is 3. The molecule has 7 fully saturated rings. The van der Waals surface area contributed by atoms with Gasteiger partial charge in [-0.25, -0.2) is 4.79 Å². The first-order valence-corrected chi connectivity index (χ1v) is 21.2. The van der Waals surface area contributed by atoms with Crippen LogP contribution in [0.25, 0.3) is 0 Å². The van der Waals surface area contributed by atoms with Crippen LogP contribution in [0.3, 0.4) is 0 Å². The molecule has 19 atom stereocenters. The summed E-state index contributed by atoms with van der Waals surface area (Å²) >= 11 is 0. The lowest BCUT2D eigenvalue weighted by Crippen LogP contribution is -2.70. The van der Waals surface area contributed by atoms with E-state index in [0.29, 0.717) is 31.2 Å². The second-order valence-corrected chi connectivity index (χ2v) is 18.6. The van der Waals surface area contributed by atoms with E-state index in [-0.39, 0.29) is 29.1 Å². The number of aliphatic hydroxyl groups is 2. The summed E-state index contributed by atoms with van der Waals surface area (Å²) in [6.07, 6.45) is -3.22. The number of fused-ring (bicyclic) bond motifs is 2. The largest absolute Gasteiger partial charge is 0.458 e. The number of benzene rings is 1. The Morgan fingerprint density at radius 1 is 0.793 bits per heavy atom. The van der Waals surface area contributed by atoms with Crippen molar-refractivity contribution in [3.8, 4) is 0 Å². The van der Waals surface area contributed by atoms with Crippen LogP contribution in [0.4, 0.5) is 0 Å². The second-order valence-electron chi connectivity index (χ2n) is 18.6. The fraction of sp³-hybridized carbons (Fsp3) is 0.795. The number of rotatable bonds is 10. The molecule has 3 aliphatic heterocycles. The van der Waals surface area contributed by atoms with E-state index in [1.807, 2.05) is 19.9 Å². The van der Waals surface area contributed by atoms with Crippen molar-refractivity contribution in [3.63, 3.8) is 0 Å². The fourth-order valence-electron chi connectivity index (χ4n) is 13.1. The van der Waals surface area contributed by atoms with Gasteiger partial charge in [0.2, 0.25) is 0 Å². The van der Waals surface area contributed by atoms with E-state index in [4.69, 9.17) is 42.6 Å². The second kappa shape index (κ2) is 15.4. The van der Waals surface area contributed by atoms with Crippen LogP contribution in [-0.4, -0.2) is 127 Å². The van der Waals surface area contributed by atoms with Crippen molar-refractivity contribution < 1.29 is 67.2 Å². The molecule has 14 unspecified atom stereocenters. The van der Waals surface area contributed by atoms with Crippen LogP contribution in [0.5, 0.6) is 0 Å². The maximum absolute atomic E-state index is 14.0. The molecule has 0 radical (unpaired) electrons. The highest BCUT2D eigenvalue weighted by Gasteiger charge is 2.91. The van der Waals surface area contributed by atoms with Crippen molar-refractivity contribution in [2.24, 2.45) is 28.6 Å². The van der Waals surface area contributed by atoms with E-state index in [0.717, 1.165) is 25.7 Å². The number of esters is 2. The standard InChI is InChI=1S/C44H62O14/c1-22(45)29-16-19-44-42(29,6)38(54-25(4)46)36(56-39(49)26-12-10-9-11-13-26)37-41(5)17-15-28(20-27(41)14-18-43(37,44)58-44)55-31-21-30(50-7)34(24(3)52-31)57-40-33(48)35(51-8)32(47)23(2)53-40/h9-13,23-24,27-38,40,47-48H,14-21H2,1-8H3/t23?,24?,27-,28?,29?,30?,31?,32?,33?,34?,35?,36?,37+,38?,40?,41+,42+,43?,44-/m1/s1. The van der Waals surface area contributed by atoms with Gasteiger partial charge < -0.3 is 52.8 Å². The third kappa shape index (κ3) is 6.42. The molecule has 1 aromatic carbocycles. The number of Topliss-reactive ketones (excluding diaryl/α,β-unsaturated/α-hetero) is 1. The van der Waals surface area contributed by atoms with Crippen LogP contribution in [-0.2, 0) is 52.2 Å². The normalized spacial score (nSPS) is 49.4. The van der Waals surface area contributed by atoms with Crippen molar-refractivity contribution in [2.45, 2.75) is 178 Å². The number of ether oxygens (including phenoxy) is 9. The lowest BCUT2D eigenvalue weighted by atomic mass is 9.43. The van der Waals surface area contributed by atoms with Gasteiger partial charge in [-0.1, -0.05) is 32.0 Å². The van der Waals surface area contributed by atoms with E-state index in [2.05, 4.69) is 6.92 Å². The zero-order valence-corrected chi connectivity index (χ0v) is 35.0. The van der Waals surface area contributed by atoms with Gasteiger partial charge in [0.1, 0.15) is 53.6 Å². The van der Waals surface area contributed by atoms with Crippen molar-refractivity contribution >= 4 is 17.7 Å². The van der Waals surface area contributed by atoms with Gasteiger partial charge in [0, 0.05) is 44.8 Å². The van der Waals surface area contributed by atoms with E-state index in [1.165, 1.54) is 14.0 Å². The monoisotopic (exact) mass is 814 g/mol. The smallest absolute Gasteiger partial charge is 0.338 e. The molecule has 322 valence electrons. The maximum atomic E-state index is 14.0. The van der Waals surface area contributed by atoms with E-state index in [1.54, 1.807) is 45.2 Å². The molecule has 2 spiro atoms. The number of ketones is 1. The van der Waals surface area contributed by atoms with E-state index < -0.39 is 102 Å². The molecule has 7 aliphatic rings. The van der Waals surface area contributed by atoms with Gasteiger partial charge in [-0.2, -0.15) is 0 Å². The summed E-state index contributed by atoms with van der Waals surface area (Å²) in [6.45, 7) is 10.9. The molecule has 1 aromatic rings. The Labute approximate surface area is 340 Å². The number of carbonyl (C=O) groups excluding carboxylic acids is 3. The minimum Gasteiger partial charge on any atom is -0.458 e. The Kier molecular flexibility index (Phi) is 11.2. The van der Waals surface area contributed by atoms with Gasteiger partial charge in [0.25, 0.3) is 0 Å². The zero-order valence-electron chi connectivity index (χ0n) is 35.0. The summed E-state index contributed by atoms with van der Waals surface area (Å²) in [5, 5.41) is 21.4. The first kappa shape index (κ1) is 42.2. The average Bonchev–Trinajstić information content (AvgIpc) is 3.74. The van der Waals surface area contributed by atoms with Crippen LogP contribution in [0.2, 0.25) is 0 Å². The topological polar surface area (TPSA) is 178 Å². The third-order valence-electron chi connectivity index (χ3n) is 15.8. The zero-order chi connectivity index (χ0) is 41.5. The van der Waals surface area contributed by atoms with Crippen molar-refractivity contribution in [1.29, 1.82) is 0 Å². The van der Waals surface area contributed by atoms with E-state index in [9.17, 15) is 24.6 Å². The number of methoxy groups -OCH3 is 2. The highest BCUT2D eigenvalue weighted by molar-refractivity contribution is 5.89. The Morgan fingerprint density at radius 2 is 1.53 bits per heavy atom. The lowest BCUT2D eigenvalue weighted by molar-refractivity contribution is -0.343. The molecule has 0 aromatic heterocycles. The molecule has 3 heterocycles. The molecule has 2 N–H and O–H groups in total. The molecule has 8 rings (SSSR count). The average molecular weight is 815 g/mol. The Hall–Kier alpha value is -2.53. The molecular weight excluding hydrogens is 752 g/mol. The summed E-state index contributed by atoms with van der Waals surface area (Å²) < 4.78 is 56.6. The van der Waals surface area contributed by atoms with Crippen LogP contribution in [0, 0.1) is 28.6 Å². The molecule has 0 amide bonds. The summed E-state index contributed by atoms with van der Waals surface area (Å²) in [7, 11) is 3.04. The van der Waals surface area contributed by atoms with Gasteiger partial charge in [-0.05, 0) is 89.2 Å². The quantitative estimate of drug-likeness (QED) is 0.194. The summed E-state index contributed by atoms with van der Waals surface area (Å²) in [5.74, 6) is -1.51. The van der Waals surface area contributed by atoms with Gasteiger partial charge in [-0.15, -0.1) is 0 Å². The minimum absolute atomic E-state index is 0.0215. The number of aliphatic hydroxyl groups excluding tert-OH is 2. The van der Waals surface area contributed by atoms with Gasteiger partial charge >= 0.3 is 11.9 Å². The SMILES string of the molecule is COC1CC(OC2CC[C@@]3(C)[C@H](CCC45O[C@@]46CCC(C(C)=O)[C@@]6(C)C(OC(C)=O)C(OC(=O)c4ccccc4)[C@H]53)C2)OC(C)C1OC1OC(C)C(O)C(OC)C1O. The molecule has 0 bridgehead atoms. The van der Waals surface area contributed by atoms with Crippen LogP contribution < -0.4 is 0 Å². The summed E-state index contributed by atoms with van der Waals surface area (Å²) in [4.78, 5) is 40.3. The first-order chi connectivity index (χ1) is 27.5. The molecule has 4 saturated carbocycles.